The molecule has 0 aliphatic carbocycles. The lowest BCUT2D eigenvalue weighted by Crippen LogP contribution is -2.23. The first-order valence-corrected chi connectivity index (χ1v) is 8.86. The van der Waals surface area contributed by atoms with Gasteiger partial charge in [-0.05, 0) is 35.9 Å². The summed E-state index contributed by atoms with van der Waals surface area (Å²) in [6, 6.07) is 12.1. The molecule has 3 aromatic rings. The Hall–Kier alpha value is -2.71. The third-order valence-corrected chi connectivity index (χ3v) is 5.28. The average Bonchev–Trinajstić information content (AvgIpc) is 3.13. The molecule has 3 N–H and O–H groups in total. The zero-order chi connectivity index (χ0) is 16.7. The zero-order valence-electron chi connectivity index (χ0n) is 12.5. The Morgan fingerprint density at radius 2 is 2.00 bits per heavy atom. The minimum Gasteiger partial charge on any atom is -0.341 e. The molecule has 4 rings (SSSR count). The van der Waals surface area contributed by atoms with Crippen LogP contribution in [0.5, 0.6) is 0 Å². The van der Waals surface area contributed by atoms with Gasteiger partial charge in [-0.15, -0.1) is 0 Å². The van der Waals surface area contributed by atoms with Crippen LogP contribution < -0.4 is 10.0 Å². The van der Waals surface area contributed by atoms with E-state index in [9.17, 15) is 13.2 Å². The van der Waals surface area contributed by atoms with Crippen molar-refractivity contribution in [3.8, 4) is 0 Å². The first-order valence-electron chi connectivity index (χ1n) is 7.37. The highest BCUT2D eigenvalue weighted by Crippen LogP contribution is 2.25. The molecule has 0 saturated carbocycles. The van der Waals surface area contributed by atoms with Gasteiger partial charge in [-0.3, -0.25) is 4.79 Å². The summed E-state index contributed by atoms with van der Waals surface area (Å²) >= 11 is 0. The van der Waals surface area contributed by atoms with Gasteiger partial charge in [0.2, 0.25) is 15.9 Å². The van der Waals surface area contributed by atoms with Crippen LogP contribution in [0.2, 0.25) is 0 Å². The molecule has 0 bridgehead atoms. The van der Waals surface area contributed by atoms with Crippen molar-refractivity contribution >= 4 is 32.7 Å². The Kier molecular flexibility index (Phi) is 3.36. The van der Waals surface area contributed by atoms with Gasteiger partial charge in [0.1, 0.15) is 5.82 Å². The number of anilines is 1. The number of carbonyl (C=O) groups is 1. The molecule has 2 heterocycles. The monoisotopic (exact) mass is 342 g/mol. The lowest BCUT2D eigenvalue weighted by molar-refractivity contribution is -0.115. The minimum absolute atomic E-state index is 0.0608. The lowest BCUT2D eigenvalue weighted by atomic mass is 10.2. The largest absolute Gasteiger partial charge is 0.341 e. The van der Waals surface area contributed by atoms with Crippen LogP contribution in [0, 0.1) is 0 Å². The Bertz CT molecular complexity index is 1020. The Labute approximate surface area is 138 Å². The van der Waals surface area contributed by atoms with Crippen LogP contribution in [-0.2, 0) is 27.8 Å². The Morgan fingerprint density at radius 3 is 2.83 bits per heavy atom. The van der Waals surface area contributed by atoms with E-state index in [0.717, 1.165) is 11.0 Å². The number of aromatic amines is 1. The number of hydrogen-bond acceptors (Lipinski definition) is 4. The number of H-pyrrole nitrogens is 1. The van der Waals surface area contributed by atoms with Gasteiger partial charge in [-0.2, -0.15) is 0 Å². The van der Waals surface area contributed by atoms with Crippen molar-refractivity contribution in [3.05, 3.63) is 53.9 Å². The number of rotatable bonds is 4. The molecule has 8 heteroatoms. The molecular formula is C16H14N4O3S. The summed E-state index contributed by atoms with van der Waals surface area (Å²) in [7, 11) is -3.68. The van der Waals surface area contributed by atoms with E-state index < -0.39 is 10.0 Å². The first kappa shape index (κ1) is 14.9. The van der Waals surface area contributed by atoms with Gasteiger partial charge in [0.15, 0.2) is 0 Å². The third-order valence-electron chi connectivity index (χ3n) is 3.88. The molecule has 1 aliphatic heterocycles. The number of para-hydroxylation sites is 2. The summed E-state index contributed by atoms with van der Waals surface area (Å²) in [4.78, 5) is 18.9. The van der Waals surface area contributed by atoms with Crippen LogP contribution in [0.1, 0.15) is 11.4 Å². The molecule has 2 aromatic carbocycles. The molecule has 1 aromatic heterocycles. The van der Waals surface area contributed by atoms with Crippen molar-refractivity contribution in [2.75, 3.05) is 5.32 Å². The highest BCUT2D eigenvalue weighted by atomic mass is 32.2. The van der Waals surface area contributed by atoms with E-state index in [4.69, 9.17) is 0 Å². The van der Waals surface area contributed by atoms with E-state index in [1.165, 1.54) is 12.1 Å². The molecule has 0 unspecified atom stereocenters. The number of aromatic nitrogens is 2. The van der Waals surface area contributed by atoms with E-state index in [-0.39, 0.29) is 23.8 Å². The van der Waals surface area contributed by atoms with Crippen LogP contribution in [0.3, 0.4) is 0 Å². The Morgan fingerprint density at radius 1 is 1.17 bits per heavy atom. The number of carbonyl (C=O) groups excluding carboxylic acids is 1. The molecule has 0 spiro atoms. The van der Waals surface area contributed by atoms with Crippen LogP contribution >= 0.6 is 0 Å². The number of sulfonamides is 1. The molecule has 0 radical (unpaired) electrons. The number of benzene rings is 2. The van der Waals surface area contributed by atoms with Crippen LogP contribution in [0.15, 0.2) is 47.4 Å². The molecule has 24 heavy (non-hydrogen) atoms. The van der Waals surface area contributed by atoms with Gasteiger partial charge in [-0.1, -0.05) is 12.1 Å². The van der Waals surface area contributed by atoms with Crippen molar-refractivity contribution in [2.24, 2.45) is 0 Å². The van der Waals surface area contributed by atoms with Gasteiger partial charge < -0.3 is 10.3 Å². The standard InChI is InChI=1S/C16H14N4O3S/c21-16-8-10-7-11(5-6-12(10)20-16)24(22,23)17-9-15-18-13-3-1-2-4-14(13)19-15/h1-7,17H,8-9H2,(H,18,19)(H,20,21). The van der Waals surface area contributed by atoms with E-state index >= 15 is 0 Å². The predicted molar refractivity (Wildman–Crippen MR) is 88.9 cm³/mol. The summed E-state index contributed by atoms with van der Waals surface area (Å²) in [5, 5.41) is 2.68. The van der Waals surface area contributed by atoms with Crippen molar-refractivity contribution in [3.63, 3.8) is 0 Å². The summed E-state index contributed by atoms with van der Waals surface area (Å²) in [6.45, 7) is 0.0608. The van der Waals surface area contributed by atoms with Crippen LogP contribution in [0.4, 0.5) is 5.69 Å². The normalized spacial score (nSPS) is 13.9. The number of nitrogens with one attached hydrogen (secondary N) is 3. The fourth-order valence-corrected chi connectivity index (χ4v) is 3.75. The summed E-state index contributed by atoms with van der Waals surface area (Å²) in [5.74, 6) is 0.410. The van der Waals surface area contributed by atoms with Gasteiger partial charge in [0, 0.05) is 5.69 Å². The molecule has 0 fully saturated rings. The highest BCUT2D eigenvalue weighted by Gasteiger charge is 2.22. The smallest absolute Gasteiger partial charge is 0.240 e. The van der Waals surface area contributed by atoms with E-state index in [1.807, 2.05) is 24.3 Å². The van der Waals surface area contributed by atoms with Gasteiger partial charge in [0.05, 0.1) is 28.9 Å². The topological polar surface area (TPSA) is 104 Å². The van der Waals surface area contributed by atoms with E-state index in [1.54, 1.807) is 6.07 Å². The number of nitrogens with zero attached hydrogens (tertiary/aromatic N) is 1. The fraction of sp³-hybridized carbons (Fsp3) is 0.125. The maximum atomic E-state index is 12.4. The summed E-state index contributed by atoms with van der Waals surface area (Å²) in [5.41, 5.74) is 2.99. The second-order valence-electron chi connectivity index (χ2n) is 5.57. The van der Waals surface area contributed by atoms with Crippen molar-refractivity contribution in [1.29, 1.82) is 0 Å². The van der Waals surface area contributed by atoms with Gasteiger partial charge in [-0.25, -0.2) is 18.1 Å². The Balaban J connectivity index is 1.55. The maximum absolute atomic E-state index is 12.4. The van der Waals surface area contributed by atoms with Crippen molar-refractivity contribution in [2.45, 2.75) is 17.9 Å². The first-order chi connectivity index (χ1) is 11.5. The lowest BCUT2D eigenvalue weighted by Gasteiger charge is -2.07. The fourth-order valence-electron chi connectivity index (χ4n) is 2.71. The van der Waals surface area contributed by atoms with Gasteiger partial charge >= 0.3 is 0 Å². The maximum Gasteiger partial charge on any atom is 0.240 e. The molecule has 1 amide bonds. The van der Waals surface area contributed by atoms with E-state index in [0.29, 0.717) is 17.1 Å². The van der Waals surface area contributed by atoms with Crippen molar-refractivity contribution < 1.29 is 13.2 Å². The average molecular weight is 342 g/mol. The van der Waals surface area contributed by atoms with Crippen LogP contribution in [0.25, 0.3) is 11.0 Å². The summed E-state index contributed by atoms with van der Waals surface area (Å²) in [6.07, 6.45) is 0.197. The molecule has 0 saturated heterocycles. The predicted octanol–water partition coefficient (Wildman–Crippen LogP) is 1.54. The second kappa shape index (κ2) is 5.43. The summed E-state index contributed by atoms with van der Waals surface area (Å²) < 4.78 is 27.4. The SMILES string of the molecule is O=C1Cc2cc(S(=O)(=O)NCc3nc4ccccc4[nH]3)ccc2N1. The number of fused-ring (bicyclic) bond motifs is 2. The second-order valence-corrected chi connectivity index (χ2v) is 7.34. The molecule has 122 valence electrons. The molecule has 7 nitrogen and oxygen atoms in total. The van der Waals surface area contributed by atoms with Gasteiger partial charge in [0.25, 0.3) is 0 Å². The number of amides is 1. The van der Waals surface area contributed by atoms with Crippen molar-refractivity contribution in [1.82, 2.24) is 14.7 Å². The zero-order valence-corrected chi connectivity index (χ0v) is 13.4. The molecular weight excluding hydrogens is 328 g/mol. The van der Waals surface area contributed by atoms with E-state index in [2.05, 4.69) is 20.0 Å². The number of imidazole rings is 1. The quantitative estimate of drug-likeness (QED) is 0.669. The number of hydrogen-bond donors (Lipinski definition) is 3. The molecule has 1 aliphatic rings. The third kappa shape index (κ3) is 2.66. The molecule has 0 atom stereocenters. The van der Waals surface area contributed by atoms with Crippen LogP contribution in [-0.4, -0.2) is 24.3 Å². The minimum atomic E-state index is -3.68. The highest BCUT2D eigenvalue weighted by molar-refractivity contribution is 7.89.